The second-order valence-electron chi connectivity index (χ2n) is 6.17. The maximum Gasteiger partial charge on any atom is 0.254 e. The zero-order valence-electron chi connectivity index (χ0n) is 12.9. The first kappa shape index (κ1) is 14.3. The summed E-state index contributed by atoms with van der Waals surface area (Å²) in [4.78, 5) is 21.3. The molecule has 0 spiro atoms. The number of carbonyl (C=O) groups excluding carboxylic acids is 1. The van der Waals surface area contributed by atoms with Crippen molar-refractivity contribution in [3.05, 3.63) is 23.9 Å². The number of amides is 1. The number of carbonyl (C=O) groups is 1. The number of aromatic nitrogens is 1. The minimum absolute atomic E-state index is 0.139. The molecule has 1 N–H and O–H groups in total. The van der Waals surface area contributed by atoms with E-state index in [0.29, 0.717) is 12.0 Å². The van der Waals surface area contributed by atoms with Crippen LogP contribution in [0.5, 0.6) is 0 Å². The molecule has 2 atom stereocenters. The van der Waals surface area contributed by atoms with Crippen LogP contribution >= 0.6 is 0 Å². The number of nitrogens with one attached hydrogen (secondary N) is 1. The Bertz CT molecular complexity index is 519. The Balaban J connectivity index is 1.71. The molecule has 1 amide bonds. The van der Waals surface area contributed by atoms with Gasteiger partial charge < -0.3 is 15.1 Å². The molecule has 1 aromatic rings. The van der Waals surface area contributed by atoms with Crippen molar-refractivity contribution < 1.29 is 4.79 Å². The van der Waals surface area contributed by atoms with Gasteiger partial charge in [-0.15, -0.1) is 0 Å². The monoisotopic (exact) mass is 288 g/mol. The summed E-state index contributed by atoms with van der Waals surface area (Å²) in [6, 6.07) is 4.30. The number of nitrogens with zero attached hydrogens (tertiary/aromatic N) is 3. The molecule has 1 aromatic heterocycles. The minimum Gasteiger partial charge on any atom is -0.373 e. The zero-order valence-corrected chi connectivity index (χ0v) is 12.9. The molecule has 21 heavy (non-hydrogen) atoms. The van der Waals surface area contributed by atoms with Crippen LogP contribution in [-0.4, -0.2) is 60.5 Å². The second-order valence-corrected chi connectivity index (χ2v) is 6.17. The van der Waals surface area contributed by atoms with Gasteiger partial charge in [-0.1, -0.05) is 0 Å². The zero-order chi connectivity index (χ0) is 14.8. The van der Waals surface area contributed by atoms with E-state index in [-0.39, 0.29) is 5.91 Å². The van der Waals surface area contributed by atoms with E-state index in [1.54, 1.807) is 6.20 Å². The van der Waals surface area contributed by atoms with Crippen LogP contribution in [0.25, 0.3) is 0 Å². The van der Waals surface area contributed by atoms with E-state index < -0.39 is 0 Å². The average molecular weight is 288 g/mol. The highest BCUT2D eigenvalue weighted by molar-refractivity contribution is 5.94. The van der Waals surface area contributed by atoms with Gasteiger partial charge in [-0.25, -0.2) is 4.98 Å². The minimum atomic E-state index is 0.139. The molecular formula is C16H24N4O. The molecule has 3 rings (SSSR count). The van der Waals surface area contributed by atoms with E-state index in [0.717, 1.165) is 30.9 Å². The molecule has 2 saturated heterocycles. The fourth-order valence-corrected chi connectivity index (χ4v) is 3.72. The van der Waals surface area contributed by atoms with Gasteiger partial charge in [0.1, 0.15) is 5.82 Å². The summed E-state index contributed by atoms with van der Waals surface area (Å²) in [5, 5.41) is 2.99. The van der Waals surface area contributed by atoms with Crippen LogP contribution in [0.1, 0.15) is 29.6 Å². The van der Waals surface area contributed by atoms with Gasteiger partial charge in [0, 0.05) is 37.9 Å². The van der Waals surface area contributed by atoms with Gasteiger partial charge in [-0.05, 0) is 50.9 Å². The Morgan fingerprint density at radius 1 is 1.38 bits per heavy atom. The molecule has 5 heteroatoms. The molecule has 2 aliphatic heterocycles. The van der Waals surface area contributed by atoms with Crippen LogP contribution in [0.2, 0.25) is 0 Å². The number of hydrogen-bond donors (Lipinski definition) is 1. The van der Waals surface area contributed by atoms with Gasteiger partial charge in [0.2, 0.25) is 0 Å². The highest BCUT2D eigenvalue weighted by atomic mass is 16.2. The van der Waals surface area contributed by atoms with E-state index >= 15 is 0 Å². The lowest BCUT2D eigenvalue weighted by atomic mass is 9.84. The molecule has 5 nitrogen and oxygen atoms in total. The molecular weight excluding hydrogens is 264 g/mol. The fourth-order valence-electron chi connectivity index (χ4n) is 3.72. The van der Waals surface area contributed by atoms with Gasteiger partial charge in [0.25, 0.3) is 5.91 Å². The summed E-state index contributed by atoms with van der Waals surface area (Å²) in [5.41, 5.74) is 0.733. The predicted octanol–water partition coefficient (Wildman–Crippen LogP) is 1.68. The topological polar surface area (TPSA) is 48.5 Å². The maximum atomic E-state index is 12.7. The quantitative estimate of drug-likeness (QED) is 0.899. The largest absolute Gasteiger partial charge is 0.373 e. The van der Waals surface area contributed by atoms with Crippen LogP contribution in [-0.2, 0) is 0 Å². The number of piperidine rings is 2. The lowest BCUT2D eigenvalue weighted by Gasteiger charge is -2.46. The van der Waals surface area contributed by atoms with Crippen LogP contribution in [0, 0.1) is 5.92 Å². The highest BCUT2D eigenvalue weighted by Crippen LogP contribution is 2.30. The van der Waals surface area contributed by atoms with E-state index in [4.69, 9.17) is 0 Å². The normalized spacial score (nSPS) is 26.3. The predicted molar refractivity (Wildman–Crippen MR) is 83.4 cm³/mol. The number of fused-ring (bicyclic) bond motifs is 1. The van der Waals surface area contributed by atoms with Crippen molar-refractivity contribution in [2.24, 2.45) is 5.92 Å². The van der Waals surface area contributed by atoms with Gasteiger partial charge in [-0.2, -0.15) is 0 Å². The van der Waals surface area contributed by atoms with E-state index in [9.17, 15) is 4.79 Å². The highest BCUT2D eigenvalue weighted by Gasteiger charge is 2.35. The third-order valence-corrected chi connectivity index (χ3v) is 4.90. The summed E-state index contributed by atoms with van der Waals surface area (Å²) >= 11 is 0. The molecule has 2 fully saturated rings. The second kappa shape index (κ2) is 6.02. The summed E-state index contributed by atoms with van der Waals surface area (Å²) in [7, 11) is 4.04. The van der Waals surface area contributed by atoms with E-state index in [1.165, 1.54) is 19.4 Å². The number of rotatable bonds is 2. The lowest BCUT2D eigenvalue weighted by molar-refractivity contribution is 0.0317. The molecule has 0 radical (unpaired) electrons. The summed E-state index contributed by atoms with van der Waals surface area (Å²) in [5.74, 6) is 1.51. The first-order valence-corrected chi connectivity index (χ1v) is 7.82. The molecule has 0 bridgehead atoms. The number of hydrogen-bond acceptors (Lipinski definition) is 4. The Kier molecular flexibility index (Phi) is 4.10. The molecule has 2 unspecified atom stereocenters. The molecule has 0 aromatic carbocycles. The van der Waals surface area contributed by atoms with Crippen LogP contribution in [0.3, 0.4) is 0 Å². The Hall–Kier alpha value is -1.62. The van der Waals surface area contributed by atoms with Crippen molar-refractivity contribution in [1.29, 1.82) is 0 Å². The number of pyridine rings is 1. The fraction of sp³-hybridized carbons (Fsp3) is 0.625. The SMILES string of the molecule is CNc1cc(C(=O)N2CCC3C(CCCN3C)C2)ccn1. The van der Waals surface area contributed by atoms with E-state index in [2.05, 4.69) is 22.2 Å². The molecule has 114 valence electrons. The third kappa shape index (κ3) is 2.88. The average Bonchev–Trinajstić information content (AvgIpc) is 2.54. The molecule has 2 aliphatic rings. The maximum absolute atomic E-state index is 12.7. The molecule has 0 aliphatic carbocycles. The first-order valence-electron chi connectivity index (χ1n) is 7.82. The summed E-state index contributed by atoms with van der Waals surface area (Å²) < 4.78 is 0. The molecule has 3 heterocycles. The van der Waals surface area contributed by atoms with Crippen molar-refractivity contribution >= 4 is 11.7 Å². The van der Waals surface area contributed by atoms with Crippen LogP contribution < -0.4 is 5.32 Å². The Morgan fingerprint density at radius 2 is 2.24 bits per heavy atom. The lowest BCUT2D eigenvalue weighted by Crippen LogP contribution is -2.53. The summed E-state index contributed by atoms with van der Waals surface area (Å²) in [6.07, 6.45) is 5.28. The Labute approximate surface area is 126 Å². The van der Waals surface area contributed by atoms with Crippen LogP contribution in [0.15, 0.2) is 18.3 Å². The standard InChI is InChI=1S/C16H24N4O/c1-17-15-10-12(5-7-18-15)16(21)20-9-6-14-13(11-20)4-3-8-19(14)2/h5,7,10,13-14H,3-4,6,8-9,11H2,1-2H3,(H,17,18). The van der Waals surface area contributed by atoms with Gasteiger partial charge in [0.15, 0.2) is 0 Å². The summed E-state index contributed by atoms with van der Waals surface area (Å²) in [6.45, 7) is 2.96. The van der Waals surface area contributed by atoms with Crippen molar-refractivity contribution in [2.75, 3.05) is 39.0 Å². The van der Waals surface area contributed by atoms with Gasteiger partial charge >= 0.3 is 0 Å². The number of anilines is 1. The Morgan fingerprint density at radius 3 is 3.05 bits per heavy atom. The number of likely N-dealkylation sites (tertiary alicyclic amines) is 2. The van der Waals surface area contributed by atoms with Crippen molar-refractivity contribution in [2.45, 2.75) is 25.3 Å². The molecule has 0 saturated carbocycles. The van der Waals surface area contributed by atoms with Crippen molar-refractivity contribution in [3.63, 3.8) is 0 Å². The van der Waals surface area contributed by atoms with Gasteiger partial charge in [0.05, 0.1) is 0 Å². The van der Waals surface area contributed by atoms with Crippen LogP contribution in [0.4, 0.5) is 5.82 Å². The van der Waals surface area contributed by atoms with Gasteiger partial charge in [-0.3, -0.25) is 4.79 Å². The smallest absolute Gasteiger partial charge is 0.254 e. The first-order chi connectivity index (χ1) is 10.2. The van der Waals surface area contributed by atoms with Crippen molar-refractivity contribution in [1.82, 2.24) is 14.8 Å². The van der Waals surface area contributed by atoms with E-state index in [1.807, 2.05) is 24.1 Å². The van der Waals surface area contributed by atoms with Crippen molar-refractivity contribution in [3.8, 4) is 0 Å². The third-order valence-electron chi connectivity index (χ3n) is 4.90.